The molecule has 0 aliphatic rings. The molecule has 7 heteroatoms. The molecule has 1 atom stereocenters. The van der Waals surface area contributed by atoms with E-state index in [-0.39, 0.29) is 16.9 Å². The van der Waals surface area contributed by atoms with Gasteiger partial charge in [-0.3, -0.25) is 4.79 Å². The van der Waals surface area contributed by atoms with Gasteiger partial charge in [0.1, 0.15) is 5.75 Å². The van der Waals surface area contributed by atoms with E-state index in [4.69, 9.17) is 11.6 Å². The second-order valence-electron chi connectivity index (χ2n) is 7.02. The highest BCUT2D eigenvalue weighted by Crippen LogP contribution is 2.32. The molecule has 5 nitrogen and oxygen atoms in total. The monoisotopic (exact) mass is 437 g/mol. The summed E-state index contributed by atoms with van der Waals surface area (Å²) in [6.45, 7) is 3.78. The van der Waals surface area contributed by atoms with Crippen molar-refractivity contribution in [2.75, 3.05) is 5.32 Å². The lowest BCUT2D eigenvalue weighted by Crippen LogP contribution is -2.22. The minimum atomic E-state index is -0.375. The Balaban J connectivity index is 1.54. The Labute approximate surface area is 183 Å². The van der Waals surface area contributed by atoms with Gasteiger partial charge < -0.3 is 15.4 Å². The first-order chi connectivity index (χ1) is 14.4. The van der Waals surface area contributed by atoms with Crippen molar-refractivity contribution in [3.05, 3.63) is 71.2 Å². The Morgan fingerprint density at radius 3 is 2.67 bits per heavy atom. The molecule has 1 heterocycles. The van der Waals surface area contributed by atoms with Gasteiger partial charge in [0.25, 0.3) is 0 Å². The highest BCUT2D eigenvalue weighted by molar-refractivity contribution is 8.00. The average Bonchev–Trinajstić information content (AvgIpc) is 3.13. The molecule has 0 aliphatic heterocycles. The number of para-hydroxylation sites is 1. The maximum atomic E-state index is 12.6. The topological polar surface area (TPSA) is 78.0 Å². The molecular formula is C23H20ClN3O2S. The first kappa shape index (κ1) is 20.3. The number of aromatic hydroxyl groups is 1. The number of rotatable bonds is 5. The van der Waals surface area contributed by atoms with E-state index in [9.17, 15) is 9.90 Å². The number of phenolic OH excluding ortho intramolecular Hbond substituents is 1. The van der Waals surface area contributed by atoms with Gasteiger partial charge in [0.15, 0.2) is 5.16 Å². The Hall–Kier alpha value is -2.96. The first-order valence-corrected chi connectivity index (χ1v) is 10.7. The maximum Gasteiger partial charge on any atom is 0.237 e. The van der Waals surface area contributed by atoms with Crippen LogP contribution in [0.1, 0.15) is 12.5 Å². The van der Waals surface area contributed by atoms with Crippen LogP contribution in [0.25, 0.3) is 22.2 Å². The van der Waals surface area contributed by atoms with Crippen LogP contribution >= 0.6 is 23.4 Å². The first-order valence-electron chi connectivity index (χ1n) is 9.42. The van der Waals surface area contributed by atoms with Crippen molar-refractivity contribution in [1.82, 2.24) is 9.97 Å². The van der Waals surface area contributed by atoms with Crippen LogP contribution in [0.3, 0.4) is 0 Å². The van der Waals surface area contributed by atoms with Crippen LogP contribution < -0.4 is 5.32 Å². The van der Waals surface area contributed by atoms with E-state index < -0.39 is 0 Å². The third kappa shape index (κ3) is 4.30. The minimum Gasteiger partial charge on any atom is -0.508 e. The van der Waals surface area contributed by atoms with E-state index in [0.717, 1.165) is 27.7 Å². The van der Waals surface area contributed by atoms with Crippen molar-refractivity contribution in [1.29, 1.82) is 0 Å². The number of aryl methyl sites for hydroxylation is 1. The number of carbonyl (C=O) groups is 1. The molecule has 4 rings (SSSR count). The largest absolute Gasteiger partial charge is 0.508 e. The molecule has 3 N–H and O–H groups in total. The predicted molar refractivity (Wildman–Crippen MR) is 123 cm³/mol. The average molecular weight is 438 g/mol. The summed E-state index contributed by atoms with van der Waals surface area (Å²) in [4.78, 5) is 20.6. The molecule has 152 valence electrons. The molecule has 1 amide bonds. The van der Waals surface area contributed by atoms with Crippen LogP contribution in [-0.4, -0.2) is 26.2 Å². The fourth-order valence-electron chi connectivity index (χ4n) is 3.12. The van der Waals surface area contributed by atoms with E-state index in [1.807, 2.05) is 56.3 Å². The van der Waals surface area contributed by atoms with Gasteiger partial charge in [-0.2, -0.15) is 0 Å². The second-order valence-corrected chi connectivity index (χ2v) is 8.76. The molecule has 1 aromatic heterocycles. The van der Waals surface area contributed by atoms with E-state index in [2.05, 4.69) is 15.3 Å². The number of carbonyl (C=O) groups excluding carboxylic acids is 1. The second kappa shape index (κ2) is 8.42. The van der Waals surface area contributed by atoms with Crippen molar-refractivity contribution in [3.8, 4) is 16.9 Å². The molecule has 4 aromatic rings. The molecule has 30 heavy (non-hydrogen) atoms. The van der Waals surface area contributed by atoms with E-state index >= 15 is 0 Å². The summed E-state index contributed by atoms with van der Waals surface area (Å²) < 4.78 is 0. The summed E-state index contributed by atoms with van der Waals surface area (Å²) in [5.41, 5.74) is 5.29. The van der Waals surface area contributed by atoms with E-state index in [1.54, 1.807) is 18.2 Å². The number of nitrogens with one attached hydrogen (secondary N) is 2. The van der Waals surface area contributed by atoms with Gasteiger partial charge in [-0.1, -0.05) is 53.7 Å². The van der Waals surface area contributed by atoms with Gasteiger partial charge >= 0.3 is 0 Å². The van der Waals surface area contributed by atoms with Crippen molar-refractivity contribution >= 4 is 46.0 Å². The summed E-state index contributed by atoms with van der Waals surface area (Å²) in [6.07, 6.45) is 0. The third-order valence-corrected chi connectivity index (χ3v) is 6.01. The molecule has 0 aliphatic carbocycles. The van der Waals surface area contributed by atoms with Crippen molar-refractivity contribution in [2.24, 2.45) is 0 Å². The molecule has 0 saturated heterocycles. The Morgan fingerprint density at radius 2 is 1.93 bits per heavy atom. The number of aromatic amines is 1. The number of benzene rings is 3. The number of halogens is 1. The van der Waals surface area contributed by atoms with Gasteiger partial charge in [-0.05, 0) is 55.3 Å². The lowest BCUT2D eigenvalue weighted by Gasteiger charge is -2.12. The van der Waals surface area contributed by atoms with Crippen molar-refractivity contribution in [2.45, 2.75) is 24.3 Å². The highest BCUT2D eigenvalue weighted by atomic mass is 35.5. The number of nitrogens with zero attached hydrogens (tertiary/aromatic N) is 1. The molecule has 0 fully saturated rings. The van der Waals surface area contributed by atoms with Crippen LogP contribution in [-0.2, 0) is 4.79 Å². The Kier molecular flexibility index (Phi) is 5.70. The number of imidazole rings is 1. The number of anilines is 1. The van der Waals surface area contributed by atoms with Crippen LogP contribution in [0.2, 0.25) is 5.02 Å². The zero-order valence-electron chi connectivity index (χ0n) is 16.4. The zero-order valence-corrected chi connectivity index (χ0v) is 18.0. The van der Waals surface area contributed by atoms with Crippen molar-refractivity contribution < 1.29 is 9.90 Å². The van der Waals surface area contributed by atoms with Gasteiger partial charge in [0, 0.05) is 5.56 Å². The third-order valence-electron chi connectivity index (χ3n) is 4.71. The fourth-order valence-corrected chi connectivity index (χ4v) is 4.22. The summed E-state index contributed by atoms with van der Waals surface area (Å²) >= 11 is 7.57. The number of aromatic nitrogens is 2. The zero-order chi connectivity index (χ0) is 21.3. The minimum absolute atomic E-state index is 0.148. The molecule has 0 radical (unpaired) electrons. The van der Waals surface area contributed by atoms with Crippen molar-refractivity contribution in [3.63, 3.8) is 0 Å². The summed E-state index contributed by atoms with van der Waals surface area (Å²) in [5.74, 6) is 0.0743. The summed E-state index contributed by atoms with van der Waals surface area (Å²) in [6, 6.07) is 18.4. The van der Waals surface area contributed by atoms with Gasteiger partial charge in [0.2, 0.25) is 5.91 Å². The molecule has 1 unspecified atom stereocenters. The number of thioether (sulfide) groups is 1. The normalized spacial score (nSPS) is 12.1. The number of fused-ring (bicyclic) bond motifs is 1. The summed E-state index contributed by atoms with van der Waals surface area (Å²) in [5, 5.41) is 13.2. The van der Waals surface area contributed by atoms with E-state index in [0.29, 0.717) is 15.9 Å². The highest BCUT2D eigenvalue weighted by Gasteiger charge is 2.18. The number of amides is 1. The predicted octanol–water partition coefficient (Wildman–Crippen LogP) is 6.02. The van der Waals surface area contributed by atoms with Gasteiger partial charge in [-0.15, -0.1) is 0 Å². The van der Waals surface area contributed by atoms with Crippen LogP contribution in [0, 0.1) is 6.92 Å². The van der Waals surface area contributed by atoms with Gasteiger partial charge in [-0.25, -0.2) is 4.98 Å². The van der Waals surface area contributed by atoms with Crippen LogP contribution in [0.15, 0.2) is 65.8 Å². The van der Waals surface area contributed by atoms with Crippen LogP contribution in [0.5, 0.6) is 5.75 Å². The Morgan fingerprint density at radius 1 is 1.17 bits per heavy atom. The molecule has 0 spiro atoms. The number of hydrogen-bond donors (Lipinski definition) is 3. The molecule has 3 aromatic carbocycles. The summed E-state index contributed by atoms with van der Waals surface area (Å²) in [7, 11) is 0. The van der Waals surface area contributed by atoms with Gasteiger partial charge in [0.05, 0.1) is 27.0 Å². The van der Waals surface area contributed by atoms with Crippen LogP contribution in [0.4, 0.5) is 5.69 Å². The molecule has 0 bridgehead atoms. The number of phenols is 1. The van der Waals surface area contributed by atoms with E-state index in [1.165, 1.54) is 11.8 Å². The lowest BCUT2D eigenvalue weighted by atomic mass is 10.0. The number of H-pyrrole nitrogens is 1. The Bertz CT molecular complexity index is 1220. The fraction of sp³-hybridized carbons (Fsp3) is 0.130. The smallest absolute Gasteiger partial charge is 0.237 e. The quantitative estimate of drug-likeness (QED) is 0.334. The molecular weight excluding hydrogens is 418 g/mol. The lowest BCUT2D eigenvalue weighted by molar-refractivity contribution is -0.115. The number of hydrogen-bond acceptors (Lipinski definition) is 4. The molecule has 0 saturated carbocycles. The maximum absolute atomic E-state index is 12.6. The standard InChI is InChI=1S/C23H20ClN3O2S/c1-13-6-11-19(18(24)12-13)25-22(29)14(2)30-23-26-20-5-3-4-17(21(20)27-23)15-7-9-16(28)10-8-15/h3-12,14,28H,1-2H3,(H,25,29)(H,26,27). The SMILES string of the molecule is Cc1ccc(NC(=O)C(C)Sc2nc3cccc(-c4ccc(O)cc4)c3[nH]2)c(Cl)c1.